The number of sulfonamides is 1. The molecule has 80 valence electrons. The van der Waals surface area contributed by atoms with Crippen LogP contribution in [0.2, 0.25) is 0 Å². The molecular formula is C8H15N3O2S. The Kier molecular flexibility index (Phi) is 3.28. The third-order valence-electron chi connectivity index (χ3n) is 1.98. The van der Waals surface area contributed by atoms with Crippen LogP contribution >= 0.6 is 0 Å². The molecule has 0 radical (unpaired) electrons. The molecule has 0 spiro atoms. The van der Waals surface area contributed by atoms with Gasteiger partial charge in [-0.3, -0.25) is 4.68 Å². The smallest absolute Gasteiger partial charge is 0.211 e. The second-order valence-electron chi connectivity index (χ2n) is 3.14. The van der Waals surface area contributed by atoms with Crippen molar-refractivity contribution >= 4 is 10.0 Å². The highest BCUT2D eigenvalue weighted by Gasteiger charge is 2.08. The first-order chi connectivity index (χ1) is 6.44. The Morgan fingerprint density at radius 1 is 1.57 bits per heavy atom. The van der Waals surface area contributed by atoms with E-state index in [2.05, 4.69) is 9.82 Å². The van der Waals surface area contributed by atoms with Crippen LogP contribution in [0.25, 0.3) is 0 Å². The van der Waals surface area contributed by atoms with Gasteiger partial charge in [0.25, 0.3) is 0 Å². The number of aromatic nitrogens is 2. The maximum atomic E-state index is 11.2. The van der Waals surface area contributed by atoms with Crippen LogP contribution in [-0.2, 0) is 23.6 Å². The fourth-order valence-corrected chi connectivity index (χ4v) is 1.69. The van der Waals surface area contributed by atoms with Gasteiger partial charge in [0.05, 0.1) is 11.4 Å². The fraction of sp³-hybridized carbons (Fsp3) is 0.625. The molecule has 0 bridgehead atoms. The van der Waals surface area contributed by atoms with Crippen LogP contribution in [0.5, 0.6) is 0 Å². The van der Waals surface area contributed by atoms with Gasteiger partial charge in [-0.15, -0.1) is 0 Å². The molecule has 1 N–H and O–H groups in total. The van der Waals surface area contributed by atoms with E-state index < -0.39 is 10.0 Å². The Hall–Kier alpha value is -0.880. The van der Waals surface area contributed by atoms with Crippen molar-refractivity contribution in [3.63, 3.8) is 0 Å². The largest absolute Gasteiger partial charge is 0.275 e. The van der Waals surface area contributed by atoms with Crippen molar-refractivity contribution in [3.8, 4) is 0 Å². The van der Waals surface area contributed by atoms with Gasteiger partial charge in [0.2, 0.25) is 10.0 Å². The minimum absolute atomic E-state index is 0.103. The molecule has 0 saturated heterocycles. The summed E-state index contributed by atoms with van der Waals surface area (Å²) in [6.07, 6.45) is 1.81. The van der Waals surface area contributed by atoms with Gasteiger partial charge < -0.3 is 0 Å². The lowest BCUT2D eigenvalue weighted by atomic mass is 10.3. The molecule has 0 saturated carbocycles. The molecular weight excluding hydrogens is 202 g/mol. The van der Waals surface area contributed by atoms with Crippen LogP contribution in [0.1, 0.15) is 18.2 Å². The zero-order valence-electron chi connectivity index (χ0n) is 8.61. The molecule has 5 nitrogen and oxygen atoms in total. The number of hydrogen-bond donors (Lipinski definition) is 1. The van der Waals surface area contributed by atoms with Gasteiger partial charge in [0.15, 0.2) is 0 Å². The van der Waals surface area contributed by atoms with E-state index in [1.165, 1.54) is 0 Å². The number of nitrogens with zero attached hydrogens (tertiary/aromatic N) is 2. The van der Waals surface area contributed by atoms with Gasteiger partial charge >= 0.3 is 0 Å². The highest BCUT2D eigenvalue weighted by Crippen LogP contribution is 2.04. The summed E-state index contributed by atoms with van der Waals surface area (Å²) in [5, 5.41) is 4.12. The number of hydrogen-bond acceptors (Lipinski definition) is 3. The number of nitrogens with one attached hydrogen (secondary N) is 1. The molecule has 14 heavy (non-hydrogen) atoms. The monoisotopic (exact) mass is 217 g/mol. The first-order valence-corrected chi connectivity index (χ1v) is 6.06. The number of rotatable bonds is 4. The van der Waals surface area contributed by atoms with E-state index in [4.69, 9.17) is 0 Å². The predicted molar refractivity (Wildman–Crippen MR) is 54.2 cm³/mol. The molecule has 1 heterocycles. The van der Waals surface area contributed by atoms with Crippen LogP contribution in [0.15, 0.2) is 6.20 Å². The average Bonchev–Trinajstić information content (AvgIpc) is 2.42. The van der Waals surface area contributed by atoms with E-state index in [1.807, 2.05) is 20.2 Å². The summed E-state index contributed by atoms with van der Waals surface area (Å²) < 4.78 is 26.5. The van der Waals surface area contributed by atoms with Crippen molar-refractivity contribution < 1.29 is 8.42 Å². The summed E-state index contributed by atoms with van der Waals surface area (Å²) in [6, 6.07) is 0. The predicted octanol–water partition coefficient (Wildman–Crippen LogP) is 0.168. The Bertz CT molecular complexity index is 408. The highest BCUT2D eigenvalue weighted by atomic mass is 32.2. The Morgan fingerprint density at radius 2 is 2.21 bits per heavy atom. The maximum absolute atomic E-state index is 11.2. The van der Waals surface area contributed by atoms with Gasteiger partial charge in [0.1, 0.15) is 0 Å². The second kappa shape index (κ2) is 4.10. The average molecular weight is 217 g/mol. The summed E-state index contributed by atoms with van der Waals surface area (Å²) in [6.45, 7) is 3.78. The summed E-state index contributed by atoms with van der Waals surface area (Å²) in [5.74, 6) is 0.103. The molecule has 1 rings (SSSR count). The van der Waals surface area contributed by atoms with Crippen molar-refractivity contribution in [2.24, 2.45) is 7.05 Å². The fourth-order valence-electron chi connectivity index (χ4n) is 1.11. The topological polar surface area (TPSA) is 64.0 Å². The molecule has 0 unspecified atom stereocenters. The van der Waals surface area contributed by atoms with Crippen LogP contribution in [-0.4, -0.2) is 24.0 Å². The quantitative estimate of drug-likeness (QED) is 0.781. The zero-order chi connectivity index (χ0) is 10.8. The zero-order valence-corrected chi connectivity index (χ0v) is 9.43. The van der Waals surface area contributed by atoms with Gasteiger partial charge in [0, 0.05) is 25.4 Å². The summed E-state index contributed by atoms with van der Waals surface area (Å²) in [4.78, 5) is 0. The van der Waals surface area contributed by atoms with E-state index >= 15 is 0 Å². The third-order valence-corrected chi connectivity index (χ3v) is 3.32. The van der Waals surface area contributed by atoms with Gasteiger partial charge in [-0.1, -0.05) is 0 Å². The van der Waals surface area contributed by atoms with Crippen LogP contribution < -0.4 is 4.72 Å². The lowest BCUT2D eigenvalue weighted by Crippen LogP contribution is -2.24. The number of aryl methyl sites for hydroxylation is 2. The van der Waals surface area contributed by atoms with E-state index in [0.29, 0.717) is 6.54 Å². The maximum Gasteiger partial charge on any atom is 0.211 e. The minimum Gasteiger partial charge on any atom is -0.275 e. The molecule has 0 aromatic carbocycles. The molecule has 0 atom stereocenters. The molecule has 0 aliphatic rings. The van der Waals surface area contributed by atoms with Crippen LogP contribution in [0.3, 0.4) is 0 Å². The molecule has 1 aromatic heterocycles. The first-order valence-electron chi connectivity index (χ1n) is 4.41. The van der Waals surface area contributed by atoms with Crippen LogP contribution in [0.4, 0.5) is 0 Å². The first kappa shape index (κ1) is 11.2. The van der Waals surface area contributed by atoms with E-state index in [9.17, 15) is 8.42 Å². The minimum atomic E-state index is -3.11. The van der Waals surface area contributed by atoms with Crippen LogP contribution in [0, 0.1) is 6.92 Å². The SMILES string of the molecule is CCS(=O)(=O)NCc1cn(C)nc1C. The molecule has 0 fully saturated rings. The van der Waals surface area contributed by atoms with Gasteiger partial charge in [-0.05, 0) is 13.8 Å². The summed E-state index contributed by atoms with van der Waals surface area (Å²) in [7, 11) is -1.30. The van der Waals surface area contributed by atoms with E-state index in [0.717, 1.165) is 11.3 Å². The normalized spacial score (nSPS) is 11.9. The molecule has 0 aliphatic carbocycles. The molecule has 1 aromatic rings. The van der Waals surface area contributed by atoms with Crippen molar-refractivity contribution in [2.45, 2.75) is 20.4 Å². The lowest BCUT2D eigenvalue weighted by molar-refractivity contribution is 0.582. The Labute approximate surface area is 84.2 Å². The highest BCUT2D eigenvalue weighted by molar-refractivity contribution is 7.89. The summed E-state index contributed by atoms with van der Waals surface area (Å²) >= 11 is 0. The van der Waals surface area contributed by atoms with Crippen molar-refractivity contribution in [1.82, 2.24) is 14.5 Å². The Balaban J connectivity index is 2.67. The second-order valence-corrected chi connectivity index (χ2v) is 5.23. The van der Waals surface area contributed by atoms with E-state index in [1.54, 1.807) is 11.6 Å². The Morgan fingerprint density at radius 3 is 2.64 bits per heavy atom. The standard InChI is InChI=1S/C8H15N3O2S/c1-4-14(12,13)9-5-8-6-11(3)10-7(8)2/h6,9H,4-5H2,1-3H3. The summed E-state index contributed by atoms with van der Waals surface area (Å²) in [5.41, 5.74) is 1.76. The third kappa shape index (κ3) is 2.81. The molecule has 6 heteroatoms. The molecule has 0 amide bonds. The van der Waals surface area contributed by atoms with Crippen molar-refractivity contribution in [3.05, 3.63) is 17.5 Å². The van der Waals surface area contributed by atoms with Gasteiger partial charge in [-0.2, -0.15) is 5.10 Å². The van der Waals surface area contributed by atoms with E-state index in [-0.39, 0.29) is 5.75 Å². The lowest BCUT2D eigenvalue weighted by Gasteiger charge is -2.02. The van der Waals surface area contributed by atoms with Crippen molar-refractivity contribution in [2.75, 3.05) is 5.75 Å². The molecule has 0 aliphatic heterocycles. The van der Waals surface area contributed by atoms with Gasteiger partial charge in [-0.25, -0.2) is 13.1 Å². The van der Waals surface area contributed by atoms with Crippen molar-refractivity contribution in [1.29, 1.82) is 0 Å².